The molecule has 1 saturated heterocycles. The van der Waals surface area contributed by atoms with E-state index in [1.54, 1.807) is 12.1 Å². The summed E-state index contributed by atoms with van der Waals surface area (Å²) in [6.45, 7) is 6.65. The SMILES string of the molecule is C[C@H](c1ccc(S(C)(=O)=O)cc1)N(C)CC(=O)N1[C@H](C)CCC[C@@H]1C. The monoisotopic (exact) mass is 366 g/mol. The highest BCUT2D eigenvalue weighted by atomic mass is 32.2. The summed E-state index contributed by atoms with van der Waals surface area (Å²) in [6, 6.07) is 7.55. The number of hydrogen-bond donors (Lipinski definition) is 0. The Hall–Kier alpha value is -1.40. The molecule has 1 aromatic carbocycles. The Bertz CT molecular complexity index is 690. The number of sulfone groups is 1. The quantitative estimate of drug-likeness (QED) is 0.804. The lowest BCUT2D eigenvalue weighted by Gasteiger charge is -2.40. The van der Waals surface area contributed by atoms with E-state index in [2.05, 4.69) is 13.8 Å². The molecule has 140 valence electrons. The lowest BCUT2D eigenvalue weighted by Crippen LogP contribution is -2.50. The largest absolute Gasteiger partial charge is 0.336 e. The zero-order valence-corrected chi connectivity index (χ0v) is 16.7. The first-order valence-electron chi connectivity index (χ1n) is 8.92. The molecule has 1 heterocycles. The van der Waals surface area contributed by atoms with Crippen LogP contribution >= 0.6 is 0 Å². The van der Waals surface area contributed by atoms with E-state index in [1.807, 2.05) is 35.9 Å². The van der Waals surface area contributed by atoms with E-state index < -0.39 is 9.84 Å². The van der Waals surface area contributed by atoms with Gasteiger partial charge in [0.15, 0.2) is 9.84 Å². The molecule has 6 heteroatoms. The van der Waals surface area contributed by atoms with E-state index in [0.29, 0.717) is 23.5 Å². The smallest absolute Gasteiger partial charge is 0.237 e. The molecular weight excluding hydrogens is 336 g/mol. The first kappa shape index (κ1) is 19.9. The van der Waals surface area contributed by atoms with E-state index >= 15 is 0 Å². The molecule has 0 aliphatic carbocycles. The first-order chi connectivity index (χ1) is 11.6. The molecule has 3 atom stereocenters. The van der Waals surface area contributed by atoms with Crippen molar-refractivity contribution in [2.75, 3.05) is 19.8 Å². The summed E-state index contributed by atoms with van der Waals surface area (Å²) in [5.74, 6) is 0.168. The van der Waals surface area contributed by atoms with Gasteiger partial charge in [-0.25, -0.2) is 8.42 Å². The topological polar surface area (TPSA) is 57.7 Å². The van der Waals surface area contributed by atoms with Gasteiger partial charge in [0.1, 0.15) is 0 Å². The summed E-state index contributed by atoms with van der Waals surface area (Å²) < 4.78 is 23.1. The van der Waals surface area contributed by atoms with Crippen LogP contribution < -0.4 is 0 Å². The number of rotatable bonds is 5. The fraction of sp³-hybridized carbons (Fsp3) is 0.632. The molecule has 1 fully saturated rings. The first-order valence-corrected chi connectivity index (χ1v) is 10.8. The van der Waals surface area contributed by atoms with Crippen LogP contribution in [0.15, 0.2) is 29.2 Å². The summed E-state index contributed by atoms with van der Waals surface area (Å²) in [7, 11) is -1.25. The second-order valence-corrected chi connectivity index (χ2v) is 9.38. The van der Waals surface area contributed by atoms with E-state index in [1.165, 1.54) is 12.7 Å². The van der Waals surface area contributed by atoms with Gasteiger partial charge in [0.05, 0.1) is 11.4 Å². The minimum Gasteiger partial charge on any atom is -0.336 e. The van der Waals surface area contributed by atoms with Crippen LogP contribution in [-0.2, 0) is 14.6 Å². The van der Waals surface area contributed by atoms with Gasteiger partial charge in [-0.15, -0.1) is 0 Å². The van der Waals surface area contributed by atoms with Crippen LogP contribution in [0, 0.1) is 0 Å². The number of benzene rings is 1. The Kier molecular flexibility index (Phi) is 6.27. The molecule has 1 aromatic rings. The Morgan fingerprint density at radius 2 is 1.72 bits per heavy atom. The van der Waals surface area contributed by atoms with Gasteiger partial charge < -0.3 is 4.90 Å². The van der Waals surface area contributed by atoms with E-state index in [4.69, 9.17) is 0 Å². The fourth-order valence-corrected chi connectivity index (χ4v) is 4.22. The summed E-state index contributed by atoms with van der Waals surface area (Å²) in [6.07, 6.45) is 4.53. The maximum absolute atomic E-state index is 12.8. The van der Waals surface area contributed by atoms with Gasteiger partial charge in [0, 0.05) is 24.4 Å². The molecule has 0 aromatic heterocycles. The number of amides is 1. The number of piperidine rings is 1. The van der Waals surface area contributed by atoms with Crippen LogP contribution in [0.4, 0.5) is 0 Å². The number of carbonyl (C=O) groups is 1. The predicted octanol–water partition coefficient (Wildman–Crippen LogP) is 2.87. The molecule has 0 bridgehead atoms. The van der Waals surface area contributed by atoms with Gasteiger partial charge in [0.25, 0.3) is 0 Å². The van der Waals surface area contributed by atoms with Crippen molar-refractivity contribution in [1.29, 1.82) is 0 Å². The minimum absolute atomic E-state index is 0.0352. The van der Waals surface area contributed by atoms with Crippen molar-refractivity contribution < 1.29 is 13.2 Å². The van der Waals surface area contributed by atoms with Gasteiger partial charge in [-0.05, 0) is 64.8 Å². The Balaban J connectivity index is 2.04. The highest BCUT2D eigenvalue weighted by molar-refractivity contribution is 7.90. The standard InChI is InChI=1S/C19H30N2O3S/c1-14-7-6-8-15(2)21(14)19(22)13-20(4)16(3)17-9-11-18(12-10-17)25(5,23)24/h9-12,14-16H,6-8,13H2,1-5H3/t14-,15+,16-/m1/s1. The average molecular weight is 367 g/mol. The summed E-state index contributed by atoms with van der Waals surface area (Å²) in [5.41, 5.74) is 1.00. The zero-order chi connectivity index (χ0) is 18.8. The van der Waals surface area contributed by atoms with Crippen LogP contribution in [0.5, 0.6) is 0 Å². The fourth-order valence-electron chi connectivity index (χ4n) is 3.59. The second-order valence-electron chi connectivity index (χ2n) is 7.36. The third kappa shape index (κ3) is 4.82. The van der Waals surface area contributed by atoms with Crippen LogP contribution in [0.2, 0.25) is 0 Å². The second kappa shape index (κ2) is 7.87. The van der Waals surface area contributed by atoms with Gasteiger partial charge in [-0.3, -0.25) is 9.69 Å². The van der Waals surface area contributed by atoms with E-state index in [0.717, 1.165) is 18.4 Å². The van der Waals surface area contributed by atoms with Gasteiger partial charge in [0.2, 0.25) is 5.91 Å². The van der Waals surface area contributed by atoms with Crippen molar-refractivity contribution in [2.45, 2.75) is 63.1 Å². The molecule has 0 saturated carbocycles. The van der Waals surface area contributed by atoms with Crippen molar-refractivity contribution in [3.8, 4) is 0 Å². The van der Waals surface area contributed by atoms with Crippen molar-refractivity contribution in [1.82, 2.24) is 9.80 Å². The Morgan fingerprint density at radius 1 is 1.20 bits per heavy atom. The van der Waals surface area contributed by atoms with Crippen molar-refractivity contribution in [3.63, 3.8) is 0 Å². The number of likely N-dealkylation sites (N-methyl/N-ethyl adjacent to an activating group) is 1. The third-order valence-corrected chi connectivity index (χ3v) is 6.45. The Morgan fingerprint density at radius 3 is 2.20 bits per heavy atom. The van der Waals surface area contributed by atoms with Gasteiger partial charge in [-0.1, -0.05) is 12.1 Å². The molecule has 0 unspecified atom stereocenters. The molecule has 0 N–H and O–H groups in total. The van der Waals surface area contributed by atoms with Crippen molar-refractivity contribution in [2.24, 2.45) is 0 Å². The molecule has 5 nitrogen and oxygen atoms in total. The molecule has 0 radical (unpaired) electrons. The number of carbonyl (C=O) groups excluding carboxylic acids is 1. The van der Waals surface area contributed by atoms with Crippen molar-refractivity contribution in [3.05, 3.63) is 29.8 Å². The highest BCUT2D eigenvalue weighted by Gasteiger charge is 2.30. The van der Waals surface area contributed by atoms with Gasteiger partial charge >= 0.3 is 0 Å². The normalized spacial score (nSPS) is 22.9. The minimum atomic E-state index is -3.19. The molecule has 1 aliphatic heterocycles. The van der Waals surface area contributed by atoms with Crippen LogP contribution in [0.3, 0.4) is 0 Å². The zero-order valence-electron chi connectivity index (χ0n) is 15.9. The molecule has 0 spiro atoms. The van der Waals surface area contributed by atoms with E-state index in [9.17, 15) is 13.2 Å². The van der Waals surface area contributed by atoms with Gasteiger partial charge in [-0.2, -0.15) is 0 Å². The maximum Gasteiger partial charge on any atom is 0.237 e. The maximum atomic E-state index is 12.8. The van der Waals surface area contributed by atoms with Crippen LogP contribution in [0.25, 0.3) is 0 Å². The number of nitrogens with zero attached hydrogens (tertiary/aromatic N) is 2. The Labute approximate surface area is 151 Å². The van der Waals surface area contributed by atoms with Crippen LogP contribution in [0.1, 0.15) is 51.6 Å². The average Bonchev–Trinajstić information content (AvgIpc) is 2.53. The molecule has 1 aliphatic rings. The summed E-state index contributed by atoms with van der Waals surface area (Å²) in [4.78, 5) is 17.1. The number of likely N-dealkylation sites (tertiary alicyclic amines) is 1. The predicted molar refractivity (Wildman–Crippen MR) is 100 cm³/mol. The third-order valence-electron chi connectivity index (χ3n) is 5.32. The molecular formula is C19H30N2O3S. The lowest BCUT2D eigenvalue weighted by molar-refractivity contribution is -0.138. The van der Waals surface area contributed by atoms with E-state index in [-0.39, 0.29) is 11.9 Å². The number of hydrogen-bond acceptors (Lipinski definition) is 4. The summed E-state index contributed by atoms with van der Waals surface area (Å²) in [5, 5.41) is 0. The molecule has 25 heavy (non-hydrogen) atoms. The van der Waals surface area contributed by atoms with Crippen molar-refractivity contribution >= 4 is 15.7 Å². The molecule has 2 rings (SSSR count). The van der Waals surface area contributed by atoms with Crippen LogP contribution in [-0.4, -0.2) is 56.1 Å². The summed E-state index contributed by atoms with van der Waals surface area (Å²) >= 11 is 0. The molecule has 1 amide bonds. The lowest BCUT2D eigenvalue weighted by atomic mass is 9.97. The highest BCUT2D eigenvalue weighted by Crippen LogP contribution is 2.24.